The summed E-state index contributed by atoms with van der Waals surface area (Å²) in [5.41, 5.74) is 5.65. The van der Waals surface area contributed by atoms with Crippen LogP contribution in [0.5, 0.6) is 0 Å². The fourth-order valence-corrected chi connectivity index (χ4v) is 5.67. The largest absolute Gasteiger partial charge is 0.335 e. The molecule has 3 aromatic carbocycles. The second kappa shape index (κ2) is 13.6. The van der Waals surface area contributed by atoms with Crippen molar-refractivity contribution in [1.29, 1.82) is 0 Å². The Labute approximate surface area is 265 Å². The van der Waals surface area contributed by atoms with Crippen molar-refractivity contribution < 1.29 is 14.0 Å². The van der Waals surface area contributed by atoms with E-state index in [4.69, 9.17) is 4.98 Å². The first-order valence-corrected chi connectivity index (χ1v) is 15.1. The second-order valence-electron chi connectivity index (χ2n) is 11.2. The van der Waals surface area contributed by atoms with E-state index in [-0.39, 0.29) is 23.3 Å². The molecule has 3 amide bonds. The van der Waals surface area contributed by atoms with E-state index in [1.165, 1.54) is 23.8 Å². The third-order valence-corrected chi connectivity index (χ3v) is 8.06. The number of pyridine rings is 2. The van der Waals surface area contributed by atoms with Crippen LogP contribution >= 0.6 is 0 Å². The number of rotatable bonds is 8. The number of carbonyl (C=O) groups excluding carboxylic acids is 2. The van der Waals surface area contributed by atoms with Crippen molar-refractivity contribution >= 4 is 34.2 Å². The lowest BCUT2D eigenvalue weighted by Gasteiger charge is -2.32. The summed E-state index contributed by atoms with van der Waals surface area (Å²) in [6.45, 7) is 5.78. The molecule has 1 saturated heterocycles. The van der Waals surface area contributed by atoms with E-state index in [1.54, 1.807) is 6.20 Å². The number of fused-ring (bicyclic) bond motifs is 1. The van der Waals surface area contributed by atoms with Gasteiger partial charge in [-0.05, 0) is 60.4 Å². The van der Waals surface area contributed by atoms with Crippen LogP contribution in [-0.4, -0.2) is 45.9 Å². The first-order valence-electron chi connectivity index (χ1n) is 15.1. The fraction of sp³-hybridized carbons (Fsp3) is 0.167. The number of nitrogens with one attached hydrogen (secondary N) is 4. The number of piperidine rings is 1. The lowest BCUT2D eigenvalue weighted by molar-refractivity contribution is -0.111. The van der Waals surface area contributed by atoms with E-state index < -0.39 is 11.7 Å². The van der Waals surface area contributed by atoms with E-state index in [2.05, 4.69) is 56.7 Å². The molecule has 1 aliphatic heterocycles. The number of hydrogen-bond donors (Lipinski definition) is 4. The summed E-state index contributed by atoms with van der Waals surface area (Å²) in [5, 5.41) is 8.65. The van der Waals surface area contributed by atoms with Crippen LogP contribution < -0.4 is 21.5 Å². The molecular weight excluding hydrogens is 582 g/mol. The quantitative estimate of drug-likeness (QED) is 0.153. The molecule has 2 aromatic heterocycles. The number of amides is 3. The number of benzene rings is 3. The monoisotopic (exact) mass is 615 g/mol. The average molecular weight is 616 g/mol. The molecule has 46 heavy (non-hydrogen) atoms. The van der Waals surface area contributed by atoms with E-state index in [9.17, 15) is 18.8 Å². The number of anilines is 2. The molecular formula is C36H33FN6O3. The van der Waals surface area contributed by atoms with Gasteiger partial charge in [-0.3, -0.25) is 14.5 Å². The van der Waals surface area contributed by atoms with Crippen LogP contribution in [-0.2, 0) is 11.3 Å². The van der Waals surface area contributed by atoms with Crippen LogP contribution in [0.25, 0.3) is 33.3 Å². The predicted octanol–water partition coefficient (Wildman–Crippen LogP) is 6.31. The molecule has 6 rings (SSSR count). The summed E-state index contributed by atoms with van der Waals surface area (Å²) < 4.78 is 14.0. The number of hydrogen-bond acceptors (Lipinski definition) is 5. The van der Waals surface area contributed by atoms with Crippen molar-refractivity contribution in [3.63, 3.8) is 0 Å². The zero-order valence-corrected chi connectivity index (χ0v) is 25.1. The highest BCUT2D eigenvalue weighted by atomic mass is 18.2. The highest BCUT2D eigenvalue weighted by Crippen LogP contribution is 2.33. The van der Waals surface area contributed by atoms with Crippen LogP contribution in [0.15, 0.2) is 109 Å². The van der Waals surface area contributed by atoms with Gasteiger partial charge in [0, 0.05) is 48.7 Å². The fourth-order valence-electron chi connectivity index (χ4n) is 5.67. The zero-order valence-electron chi connectivity index (χ0n) is 25.1. The molecule has 1 fully saturated rings. The van der Waals surface area contributed by atoms with Crippen molar-refractivity contribution in [2.45, 2.75) is 25.4 Å². The smallest absolute Gasteiger partial charge is 0.319 e. The lowest BCUT2D eigenvalue weighted by Crippen LogP contribution is -2.45. The maximum absolute atomic E-state index is 14.0. The molecule has 10 heteroatoms. The summed E-state index contributed by atoms with van der Waals surface area (Å²) in [6, 6.07) is 25.7. The number of nitrogens with zero attached hydrogens (tertiary/aromatic N) is 2. The van der Waals surface area contributed by atoms with Crippen molar-refractivity contribution in [1.82, 2.24) is 20.2 Å². The number of H-pyrrole nitrogens is 1. The Morgan fingerprint density at radius 2 is 1.72 bits per heavy atom. The molecule has 3 heterocycles. The van der Waals surface area contributed by atoms with Gasteiger partial charge in [0.2, 0.25) is 5.91 Å². The van der Waals surface area contributed by atoms with Gasteiger partial charge in [-0.1, -0.05) is 61.2 Å². The minimum Gasteiger partial charge on any atom is -0.335 e. The lowest BCUT2D eigenvalue weighted by atomic mass is 9.97. The molecule has 0 bridgehead atoms. The topological polar surface area (TPSA) is 119 Å². The summed E-state index contributed by atoms with van der Waals surface area (Å²) in [4.78, 5) is 46.7. The third kappa shape index (κ3) is 7.03. The molecule has 0 unspecified atom stereocenters. The Morgan fingerprint density at radius 3 is 2.46 bits per heavy atom. The molecule has 0 saturated carbocycles. The summed E-state index contributed by atoms with van der Waals surface area (Å²) in [6.07, 6.45) is 4.24. The van der Waals surface area contributed by atoms with Gasteiger partial charge in [0.25, 0.3) is 5.56 Å². The number of halogens is 1. The third-order valence-electron chi connectivity index (χ3n) is 8.06. The van der Waals surface area contributed by atoms with Crippen molar-refractivity contribution in [2.24, 2.45) is 0 Å². The molecule has 5 aromatic rings. The molecule has 1 aliphatic rings. The number of aromatic nitrogens is 2. The number of aromatic amines is 1. The number of urea groups is 1. The van der Waals surface area contributed by atoms with Gasteiger partial charge in [0.1, 0.15) is 5.82 Å². The average Bonchev–Trinajstić information content (AvgIpc) is 3.07. The highest BCUT2D eigenvalue weighted by Gasteiger charge is 2.21. The van der Waals surface area contributed by atoms with E-state index in [1.807, 2.05) is 42.5 Å². The van der Waals surface area contributed by atoms with Crippen molar-refractivity contribution in [2.75, 3.05) is 23.7 Å². The predicted molar refractivity (Wildman–Crippen MR) is 179 cm³/mol. The van der Waals surface area contributed by atoms with Crippen LogP contribution in [0, 0.1) is 5.82 Å². The van der Waals surface area contributed by atoms with Gasteiger partial charge in [-0.15, -0.1) is 0 Å². The van der Waals surface area contributed by atoms with Crippen LogP contribution in [0.3, 0.4) is 0 Å². The Bertz CT molecular complexity index is 1950. The van der Waals surface area contributed by atoms with Gasteiger partial charge >= 0.3 is 6.03 Å². The van der Waals surface area contributed by atoms with Crippen LogP contribution in [0.2, 0.25) is 0 Å². The van der Waals surface area contributed by atoms with Crippen molar-refractivity contribution in [3.05, 3.63) is 126 Å². The summed E-state index contributed by atoms with van der Waals surface area (Å²) in [7, 11) is 0. The number of carbonyl (C=O) groups is 2. The van der Waals surface area contributed by atoms with E-state index in [0.29, 0.717) is 16.6 Å². The molecule has 0 atom stereocenters. The van der Waals surface area contributed by atoms with Crippen LogP contribution in [0.4, 0.5) is 20.6 Å². The zero-order chi connectivity index (χ0) is 32.0. The molecule has 0 spiro atoms. The SMILES string of the molecule is C=CC(=O)Nc1cc(NC(=O)NC2CCN(Cc3ccc(-c4nc5cc[nH]c(=O)c5cc4-c4ccccc4)cc3)CC2)ccc1[18F]. The first kappa shape index (κ1) is 30.4. The normalized spacial score (nSPS) is 13.7. The minimum atomic E-state index is -0.608. The van der Waals surface area contributed by atoms with Gasteiger partial charge in [0.15, 0.2) is 0 Å². The Balaban J connectivity index is 1.07. The molecule has 232 valence electrons. The van der Waals surface area contributed by atoms with E-state index in [0.717, 1.165) is 60.9 Å². The Morgan fingerprint density at radius 1 is 0.957 bits per heavy atom. The molecule has 9 nitrogen and oxygen atoms in total. The van der Waals surface area contributed by atoms with Gasteiger partial charge in [0.05, 0.1) is 22.3 Å². The first-order chi connectivity index (χ1) is 22.4. The maximum atomic E-state index is 14.0. The van der Waals surface area contributed by atoms with Gasteiger partial charge < -0.3 is 20.9 Å². The van der Waals surface area contributed by atoms with Gasteiger partial charge in [-0.25, -0.2) is 14.2 Å². The Hall–Kier alpha value is -5.61. The summed E-state index contributed by atoms with van der Waals surface area (Å²) in [5.74, 6) is -1.15. The minimum absolute atomic E-state index is 0.00151. The standard InChI is InChI=1S/C36H33FN6O3/c1-2-33(44)41-32-20-27(12-13-30(32)37)40-36(46)39-26-15-18-43(19-16-26)22-23-8-10-25(11-9-23)34-28(24-6-4-3-5-7-24)21-29-31(42-34)14-17-38-35(29)45/h2-14,17,20-21,26H,1,15-16,18-19,22H2,(H,38,45)(H,41,44)(H2,39,40,46)/i37-1. The highest BCUT2D eigenvalue weighted by molar-refractivity contribution is 5.99. The number of likely N-dealkylation sites (tertiary alicyclic amines) is 1. The van der Waals surface area contributed by atoms with Crippen molar-refractivity contribution in [3.8, 4) is 22.4 Å². The molecule has 4 N–H and O–H groups in total. The molecule has 0 aliphatic carbocycles. The second-order valence-corrected chi connectivity index (χ2v) is 11.2. The van der Waals surface area contributed by atoms with E-state index >= 15 is 0 Å². The maximum Gasteiger partial charge on any atom is 0.319 e. The van der Waals surface area contributed by atoms with Crippen LogP contribution in [0.1, 0.15) is 18.4 Å². The summed E-state index contributed by atoms with van der Waals surface area (Å²) >= 11 is 0. The molecule has 0 radical (unpaired) electrons. The Kier molecular flexibility index (Phi) is 8.98. The van der Waals surface area contributed by atoms with Gasteiger partial charge in [-0.2, -0.15) is 0 Å².